The van der Waals surface area contributed by atoms with Crippen LogP contribution < -0.4 is 10.5 Å². The molecule has 5 heteroatoms. The van der Waals surface area contributed by atoms with Crippen LogP contribution in [0.3, 0.4) is 0 Å². The minimum Gasteiger partial charge on any atom is -0.437 e. The zero-order valence-corrected chi connectivity index (χ0v) is 12.4. The number of nitrogen functional groups attached to an aromatic ring is 1. The van der Waals surface area contributed by atoms with E-state index in [4.69, 9.17) is 10.5 Å². The van der Waals surface area contributed by atoms with Gasteiger partial charge in [-0.05, 0) is 53.2 Å². The van der Waals surface area contributed by atoms with E-state index in [1.54, 1.807) is 6.20 Å². The van der Waals surface area contributed by atoms with Gasteiger partial charge in [-0.3, -0.25) is 4.98 Å². The molecule has 3 rings (SSSR count). The topological polar surface area (TPSA) is 61.0 Å². The predicted octanol–water partition coefficient (Wildman–Crippen LogP) is 4.08. The summed E-state index contributed by atoms with van der Waals surface area (Å²) in [6, 6.07) is 11.1. The average Bonchev–Trinajstić information content (AvgIpc) is 2.46. The largest absolute Gasteiger partial charge is 0.437 e. The fourth-order valence-corrected chi connectivity index (χ4v) is 2.16. The smallest absolute Gasteiger partial charge is 0.219 e. The summed E-state index contributed by atoms with van der Waals surface area (Å²) in [6.45, 7) is 1.91. The van der Waals surface area contributed by atoms with Crippen LogP contribution in [0.1, 0.15) is 5.69 Å². The van der Waals surface area contributed by atoms with Crippen LogP contribution in [0, 0.1) is 6.92 Å². The van der Waals surface area contributed by atoms with Crippen LogP contribution in [-0.4, -0.2) is 9.97 Å². The summed E-state index contributed by atoms with van der Waals surface area (Å²) in [5.41, 5.74) is 8.23. The molecule has 0 amide bonds. The Balaban J connectivity index is 2.06. The Hall–Kier alpha value is -2.14. The van der Waals surface area contributed by atoms with Gasteiger partial charge in [0.15, 0.2) is 5.75 Å². The highest BCUT2D eigenvalue weighted by molar-refractivity contribution is 9.10. The first-order chi connectivity index (χ1) is 9.65. The number of halogens is 1. The van der Waals surface area contributed by atoms with Gasteiger partial charge in [0, 0.05) is 27.8 Å². The summed E-state index contributed by atoms with van der Waals surface area (Å²) in [5, 5.41) is 0.874. The highest BCUT2D eigenvalue weighted by Crippen LogP contribution is 2.31. The third-order valence-electron chi connectivity index (χ3n) is 2.98. The van der Waals surface area contributed by atoms with Crippen molar-refractivity contribution in [1.82, 2.24) is 9.97 Å². The molecule has 1 aromatic carbocycles. The molecule has 0 atom stereocenters. The molecule has 3 aromatic rings. The molecule has 4 nitrogen and oxygen atoms in total. The lowest BCUT2D eigenvalue weighted by molar-refractivity contribution is 0.465. The molecule has 2 N–H and O–H groups in total. The summed E-state index contributed by atoms with van der Waals surface area (Å²) in [6.07, 6.45) is 1.72. The van der Waals surface area contributed by atoms with Gasteiger partial charge in [0.05, 0.1) is 5.69 Å². The molecule has 0 saturated heterocycles. The van der Waals surface area contributed by atoms with Crippen LogP contribution >= 0.6 is 15.9 Å². The highest BCUT2D eigenvalue weighted by Gasteiger charge is 2.08. The van der Waals surface area contributed by atoms with Crippen LogP contribution in [0.15, 0.2) is 47.1 Å². The van der Waals surface area contributed by atoms with E-state index in [-0.39, 0.29) is 0 Å². The summed E-state index contributed by atoms with van der Waals surface area (Å²) < 4.78 is 6.78. The standard InChI is InChI=1S/C15H12BrN3O/c1-9-11(16)4-7-14(19-9)20-13-6-5-12(17)10-3-2-8-18-15(10)13/h2-8H,17H2,1H3. The van der Waals surface area contributed by atoms with Crippen molar-refractivity contribution in [2.75, 3.05) is 5.73 Å². The Labute approximate surface area is 124 Å². The first-order valence-electron chi connectivity index (χ1n) is 6.09. The van der Waals surface area contributed by atoms with Crippen LogP contribution in [0.5, 0.6) is 11.6 Å². The van der Waals surface area contributed by atoms with Gasteiger partial charge in [-0.25, -0.2) is 4.98 Å². The van der Waals surface area contributed by atoms with Crippen molar-refractivity contribution in [3.8, 4) is 11.6 Å². The monoisotopic (exact) mass is 329 g/mol. The van der Waals surface area contributed by atoms with E-state index in [9.17, 15) is 0 Å². The van der Waals surface area contributed by atoms with Gasteiger partial charge in [-0.2, -0.15) is 0 Å². The van der Waals surface area contributed by atoms with Gasteiger partial charge in [-0.1, -0.05) is 0 Å². The second kappa shape index (κ2) is 5.09. The third kappa shape index (κ3) is 2.32. The number of aromatic nitrogens is 2. The second-order valence-electron chi connectivity index (χ2n) is 4.37. The number of aryl methyl sites for hydroxylation is 1. The average molecular weight is 330 g/mol. The molecule has 0 bridgehead atoms. The van der Waals surface area contributed by atoms with Gasteiger partial charge < -0.3 is 10.5 Å². The SMILES string of the molecule is Cc1nc(Oc2ccc(N)c3cccnc23)ccc1Br. The van der Waals surface area contributed by atoms with E-state index in [1.165, 1.54) is 0 Å². The molecule has 0 unspecified atom stereocenters. The molecule has 0 radical (unpaired) electrons. The normalized spacial score (nSPS) is 10.7. The number of hydrogen-bond donors (Lipinski definition) is 1. The Morgan fingerprint density at radius 3 is 2.80 bits per heavy atom. The molecule has 0 saturated carbocycles. The number of hydrogen-bond acceptors (Lipinski definition) is 4. The quantitative estimate of drug-likeness (QED) is 0.720. The summed E-state index contributed by atoms with van der Waals surface area (Å²) in [7, 11) is 0. The molecule has 0 aliphatic carbocycles. The molecule has 20 heavy (non-hydrogen) atoms. The summed E-state index contributed by atoms with van der Waals surface area (Å²) in [4.78, 5) is 8.71. The van der Waals surface area contributed by atoms with E-state index >= 15 is 0 Å². The van der Waals surface area contributed by atoms with Crippen molar-refractivity contribution in [3.05, 3.63) is 52.8 Å². The van der Waals surface area contributed by atoms with Gasteiger partial charge in [0.25, 0.3) is 0 Å². The van der Waals surface area contributed by atoms with Crippen LogP contribution in [0.25, 0.3) is 10.9 Å². The van der Waals surface area contributed by atoms with Gasteiger partial charge in [0.2, 0.25) is 5.88 Å². The molecule has 0 spiro atoms. The Bertz CT molecular complexity index is 789. The fraction of sp³-hybridized carbons (Fsp3) is 0.0667. The van der Waals surface area contributed by atoms with Crippen LogP contribution in [0.4, 0.5) is 5.69 Å². The molecule has 0 fully saturated rings. The zero-order chi connectivity index (χ0) is 14.1. The third-order valence-corrected chi connectivity index (χ3v) is 3.81. The maximum atomic E-state index is 5.95. The Kier molecular flexibility index (Phi) is 3.28. The number of rotatable bonds is 2. The zero-order valence-electron chi connectivity index (χ0n) is 10.8. The van der Waals surface area contributed by atoms with E-state index in [1.807, 2.05) is 43.3 Å². The first-order valence-corrected chi connectivity index (χ1v) is 6.88. The molecule has 0 aliphatic rings. The number of pyridine rings is 2. The van der Waals surface area contributed by atoms with E-state index in [2.05, 4.69) is 25.9 Å². The summed E-state index contributed by atoms with van der Waals surface area (Å²) in [5.74, 6) is 1.17. The lowest BCUT2D eigenvalue weighted by atomic mass is 10.2. The molecular weight excluding hydrogens is 318 g/mol. The van der Waals surface area contributed by atoms with Crippen molar-refractivity contribution >= 4 is 32.5 Å². The van der Waals surface area contributed by atoms with Crippen molar-refractivity contribution in [3.63, 3.8) is 0 Å². The van der Waals surface area contributed by atoms with E-state index in [0.717, 1.165) is 21.1 Å². The van der Waals surface area contributed by atoms with Crippen molar-refractivity contribution < 1.29 is 4.74 Å². The van der Waals surface area contributed by atoms with Gasteiger partial charge in [0.1, 0.15) is 5.52 Å². The van der Waals surface area contributed by atoms with Crippen molar-refractivity contribution in [1.29, 1.82) is 0 Å². The maximum absolute atomic E-state index is 5.95. The van der Waals surface area contributed by atoms with Gasteiger partial charge in [-0.15, -0.1) is 0 Å². The first kappa shape index (κ1) is 12.9. The summed E-state index contributed by atoms with van der Waals surface area (Å²) >= 11 is 3.42. The number of fused-ring (bicyclic) bond motifs is 1. The van der Waals surface area contributed by atoms with E-state index < -0.39 is 0 Å². The molecule has 2 aromatic heterocycles. The maximum Gasteiger partial charge on any atom is 0.219 e. The lowest BCUT2D eigenvalue weighted by Crippen LogP contribution is -1.94. The predicted molar refractivity (Wildman–Crippen MR) is 82.9 cm³/mol. The molecule has 2 heterocycles. The van der Waals surface area contributed by atoms with Gasteiger partial charge >= 0.3 is 0 Å². The number of ether oxygens (including phenoxy) is 1. The number of anilines is 1. The number of nitrogens with zero attached hydrogens (tertiary/aromatic N) is 2. The minimum absolute atomic E-state index is 0.530. The lowest BCUT2D eigenvalue weighted by Gasteiger charge is -2.09. The molecule has 0 aliphatic heterocycles. The molecular formula is C15H12BrN3O. The van der Waals surface area contributed by atoms with Crippen molar-refractivity contribution in [2.24, 2.45) is 0 Å². The van der Waals surface area contributed by atoms with Crippen LogP contribution in [0.2, 0.25) is 0 Å². The fourth-order valence-electron chi connectivity index (χ4n) is 1.94. The molecule has 100 valence electrons. The number of nitrogens with two attached hydrogens (primary N) is 1. The second-order valence-corrected chi connectivity index (χ2v) is 5.23. The number of benzene rings is 1. The highest BCUT2D eigenvalue weighted by atomic mass is 79.9. The Morgan fingerprint density at radius 1 is 1.15 bits per heavy atom. The van der Waals surface area contributed by atoms with Crippen molar-refractivity contribution in [2.45, 2.75) is 6.92 Å². The minimum atomic E-state index is 0.530. The van der Waals surface area contributed by atoms with Crippen LogP contribution in [-0.2, 0) is 0 Å². The Morgan fingerprint density at radius 2 is 2.00 bits per heavy atom. The van der Waals surface area contributed by atoms with E-state index in [0.29, 0.717) is 17.3 Å².